The van der Waals surface area contributed by atoms with Gasteiger partial charge in [0.05, 0.1) is 38.5 Å². The summed E-state index contributed by atoms with van der Waals surface area (Å²) in [6.45, 7) is 6.03. The van der Waals surface area contributed by atoms with Gasteiger partial charge in [-0.1, -0.05) is 91.5 Å². The molecule has 3 unspecified atom stereocenters. The third kappa shape index (κ3) is 23.5. The first-order valence-corrected chi connectivity index (χ1v) is 31.3. The van der Waals surface area contributed by atoms with Crippen LogP contribution in [-0.4, -0.2) is 160 Å². The summed E-state index contributed by atoms with van der Waals surface area (Å²) in [5.74, 6) is -3.88. The van der Waals surface area contributed by atoms with Gasteiger partial charge in [-0.25, -0.2) is 14.7 Å². The number of aliphatic hydroxyl groups excluding tert-OH is 3. The summed E-state index contributed by atoms with van der Waals surface area (Å²) in [5.41, 5.74) is 3.64. The Morgan fingerprint density at radius 3 is 0.989 bits per heavy atom. The SMILES string of the molecule is C=C(NCCO)c1ccc(P(c2ccc(C(=O)NCCO)cc2)c2ccc(C(=O)NCCO)cc2)cc1.CC(CCCOO)NC(=O)c1ccc(P(c2ccc(C(=O)NC(CCC(=O)O)COO)cc2)c2ccc(C(=O)NC(CCC(=O)O)COO)cc2)cc1. The van der Waals surface area contributed by atoms with Gasteiger partial charge in [-0.3, -0.25) is 49.3 Å². The van der Waals surface area contributed by atoms with Crippen LogP contribution in [0, 0.1) is 0 Å². The lowest BCUT2D eigenvalue weighted by Crippen LogP contribution is -2.38. The van der Waals surface area contributed by atoms with Crippen molar-refractivity contribution in [3.63, 3.8) is 0 Å². The predicted molar refractivity (Wildman–Crippen MR) is 341 cm³/mol. The molecule has 0 spiro atoms. The van der Waals surface area contributed by atoms with Gasteiger partial charge in [0.2, 0.25) is 0 Å². The van der Waals surface area contributed by atoms with Gasteiger partial charge in [0.25, 0.3) is 29.5 Å². The van der Waals surface area contributed by atoms with E-state index in [1.165, 1.54) is 0 Å². The molecule has 0 bridgehead atoms. The van der Waals surface area contributed by atoms with E-state index < -0.39 is 51.7 Å². The van der Waals surface area contributed by atoms with Crippen LogP contribution >= 0.6 is 15.8 Å². The molecule has 0 aliphatic heterocycles. The van der Waals surface area contributed by atoms with Crippen LogP contribution in [0.3, 0.4) is 0 Å². The molecule has 0 heterocycles. The highest BCUT2D eigenvalue weighted by Gasteiger charge is 2.23. The number of hydrogen-bond donors (Lipinski definition) is 14. The average molecular weight is 1280 g/mol. The van der Waals surface area contributed by atoms with E-state index in [1.54, 1.807) is 84.9 Å². The predicted octanol–water partition coefficient (Wildman–Crippen LogP) is 3.18. The normalized spacial score (nSPS) is 12.2. The molecule has 6 rings (SSSR count). The zero-order chi connectivity index (χ0) is 65.4. The van der Waals surface area contributed by atoms with Crippen molar-refractivity contribution < 1.29 is 89.5 Å². The Hall–Kier alpha value is -8.35. The molecule has 0 aromatic heterocycles. The molecular weight excluding hydrogens is 1200 g/mol. The molecule has 0 aliphatic rings. The highest BCUT2D eigenvalue weighted by molar-refractivity contribution is 7.80. The number of carbonyl (C=O) groups is 7. The summed E-state index contributed by atoms with van der Waals surface area (Å²) in [5, 5.41) is 93.5. The quantitative estimate of drug-likeness (QED) is 0.0116. The Balaban J connectivity index is 0.000000348. The van der Waals surface area contributed by atoms with Crippen molar-refractivity contribution in [2.75, 3.05) is 59.3 Å². The van der Waals surface area contributed by atoms with Gasteiger partial charge in [0, 0.05) is 72.0 Å². The van der Waals surface area contributed by atoms with E-state index in [9.17, 15) is 33.6 Å². The molecule has 480 valence electrons. The monoisotopic (exact) mass is 1280 g/mol. The van der Waals surface area contributed by atoms with E-state index in [-0.39, 0.29) is 113 Å². The van der Waals surface area contributed by atoms with Crippen LogP contribution in [0.2, 0.25) is 0 Å². The number of hydrogen-bond acceptors (Lipinski definition) is 17. The van der Waals surface area contributed by atoms with Crippen molar-refractivity contribution in [1.82, 2.24) is 31.9 Å². The molecular formula is C64H76N6O18P2. The number of aliphatic hydroxyl groups is 3. The summed E-state index contributed by atoms with van der Waals surface area (Å²) < 4.78 is 0. The Bertz CT molecular complexity index is 3020. The highest BCUT2D eigenvalue weighted by atomic mass is 31.1. The fourth-order valence-electron chi connectivity index (χ4n) is 8.91. The minimum Gasteiger partial charge on any atom is -0.481 e. The molecule has 26 heteroatoms. The molecule has 6 aromatic rings. The van der Waals surface area contributed by atoms with E-state index in [0.717, 1.165) is 43.1 Å². The van der Waals surface area contributed by atoms with E-state index in [0.29, 0.717) is 36.1 Å². The van der Waals surface area contributed by atoms with Crippen molar-refractivity contribution in [2.45, 2.75) is 63.6 Å². The Labute approximate surface area is 522 Å². The van der Waals surface area contributed by atoms with Crippen LogP contribution in [0.25, 0.3) is 5.70 Å². The molecule has 0 saturated heterocycles. The molecule has 14 N–H and O–H groups in total. The van der Waals surface area contributed by atoms with Gasteiger partial charge in [-0.2, -0.15) is 0 Å². The van der Waals surface area contributed by atoms with Gasteiger partial charge >= 0.3 is 11.9 Å². The molecule has 90 heavy (non-hydrogen) atoms. The van der Waals surface area contributed by atoms with Crippen molar-refractivity contribution in [3.8, 4) is 0 Å². The molecule has 0 fully saturated rings. The maximum atomic E-state index is 13.0. The van der Waals surface area contributed by atoms with Gasteiger partial charge in [-0.05, 0) is 147 Å². The third-order valence-corrected chi connectivity index (χ3v) is 18.4. The van der Waals surface area contributed by atoms with Crippen molar-refractivity contribution in [2.24, 2.45) is 0 Å². The van der Waals surface area contributed by atoms with Crippen LogP contribution < -0.4 is 63.7 Å². The van der Waals surface area contributed by atoms with E-state index in [2.05, 4.69) is 53.1 Å². The second-order valence-electron chi connectivity index (χ2n) is 20.2. The third-order valence-electron chi connectivity index (χ3n) is 13.5. The van der Waals surface area contributed by atoms with E-state index in [1.807, 2.05) is 67.6 Å². The number of benzene rings is 6. The Morgan fingerprint density at radius 1 is 0.411 bits per heavy atom. The lowest BCUT2D eigenvalue weighted by Gasteiger charge is -2.21. The number of aliphatic carboxylic acids is 2. The lowest BCUT2D eigenvalue weighted by atomic mass is 10.1. The molecule has 0 aliphatic carbocycles. The van der Waals surface area contributed by atoms with Crippen molar-refractivity contribution >= 4 is 94.8 Å². The first-order valence-electron chi connectivity index (χ1n) is 28.6. The molecule has 24 nitrogen and oxygen atoms in total. The minimum absolute atomic E-state index is 0.0183. The number of nitrogens with one attached hydrogen (secondary N) is 6. The maximum Gasteiger partial charge on any atom is 0.303 e. The summed E-state index contributed by atoms with van der Waals surface area (Å²) in [6, 6.07) is 41.8. The van der Waals surface area contributed by atoms with Crippen LogP contribution in [0.1, 0.15) is 103 Å². The minimum atomic E-state index is -1.31. The fourth-order valence-corrected chi connectivity index (χ4v) is 13.4. The van der Waals surface area contributed by atoms with Crippen LogP contribution in [-0.2, 0) is 24.3 Å². The van der Waals surface area contributed by atoms with E-state index >= 15 is 0 Å². The number of amides is 5. The molecule has 0 saturated carbocycles. The number of carboxylic acid groups (broad SMARTS) is 2. The standard InChI is InChI=1S/C36H44N3O13P.C28H32N3O5P/c1-23(3-2-20-50-47)37-34(44)24-4-12-29(13-5-24)53(30-14-6-25(7-15-30)35(45)38-27(21-51-48)10-18-32(40)41)31-16-8-26(9-17-31)36(46)39-28(22-52-49)11-19-33(42)43;1-20(29-14-17-32)21-2-8-24(9-3-21)37(25-10-4-22(5-11-25)27(35)30-15-18-33)26-12-6-23(7-13-26)28(36)31-16-19-34/h4-9,12-17,23,27-28,47-49H,2-3,10-11,18-22H2,1H3,(H,37,44)(H,38,45)(H,39,46)(H,40,41)(H,42,43);2-13,29,32-34H,1,14-19H2,(H,30,35)(H,31,36). The van der Waals surface area contributed by atoms with Crippen LogP contribution in [0.5, 0.6) is 0 Å². The zero-order valence-corrected chi connectivity index (χ0v) is 51.2. The largest absolute Gasteiger partial charge is 0.481 e. The zero-order valence-electron chi connectivity index (χ0n) is 49.5. The first-order chi connectivity index (χ1) is 43.4. The van der Waals surface area contributed by atoms with Gasteiger partial charge in [0.1, 0.15) is 13.2 Å². The summed E-state index contributed by atoms with van der Waals surface area (Å²) in [4.78, 5) is 97.9. The second-order valence-corrected chi connectivity index (χ2v) is 24.6. The fraction of sp³-hybridized carbons (Fsp3) is 0.297. The maximum absolute atomic E-state index is 13.0. The van der Waals surface area contributed by atoms with Crippen LogP contribution in [0.15, 0.2) is 152 Å². The van der Waals surface area contributed by atoms with Gasteiger partial charge in [0.15, 0.2) is 0 Å². The number of carboxylic acids is 2. The van der Waals surface area contributed by atoms with Crippen LogP contribution in [0.4, 0.5) is 0 Å². The average Bonchev–Trinajstić information content (AvgIpc) is 1.12. The summed E-state index contributed by atoms with van der Waals surface area (Å²) >= 11 is 0. The van der Waals surface area contributed by atoms with E-state index in [4.69, 9.17) is 41.3 Å². The highest BCUT2D eigenvalue weighted by Crippen LogP contribution is 2.35. The Kier molecular flexibility index (Phi) is 31.3. The summed E-state index contributed by atoms with van der Waals surface area (Å²) in [6.07, 6.45) is 0.784. The topological polar surface area (TPSA) is 381 Å². The molecule has 5 amide bonds. The molecule has 0 radical (unpaired) electrons. The molecule has 6 aromatic carbocycles. The first kappa shape index (κ1) is 72.4. The Morgan fingerprint density at radius 2 is 0.700 bits per heavy atom. The molecule has 3 atom stereocenters. The van der Waals surface area contributed by atoms with Crippen molar-refractivity contribution in [1.29, 1.82) is 0 Å². The summed E-state index contributed by atoms with van der Waals surface area (Å²) in [7, 11) is -2.32. The number of rotatable bonds is 36. The van der Waals surface area contributed by atoms with Crippen molar-refractivity contribution in [3.05, 3.63) is 186 Å². The smallest absolute Gasteiger partial charge is 0.303 e. The van der Waals surface area contributed by atoms with Gasteiger partial charge < -0.3 is 57.4 Å². The second kappa shape index (κ2) is 38.9. The van der Waals surface area contributed by atoms with Gasteiger partial charge in [-0.15, -0.1) is 0 Å². The lowest BCUT2D eigenvalue weighted by molar-refractivity contribution is -0.246. The number of carbonyl (C=O) groups excluding carboxylic acids is 5.